The molecule has 0 spiro atoms. The molecule has 0 atom stereocenters. The first kappa shape index (κ1) is 14.9. The van der Waals surface area contributed by atoms with Crippen LogP contribution >= 0.6 is 11.6 Å². The number of nitro benzene ring substituents is 1. The van der Waals surface area contributed by atoms with E-state index in [9.17, 15) is 19.3 Å². The van der Waals surface area contributed by atoms with Crippen molar-refractivity contribution in [2.24, 2.45) is 0 Å². The second-order valence-corrected chi connectivity index (χ2v) is 4.49. The fraction of sp³-hybridized carbons (Fsp3) is 0.0714. The average Bonchev–Trinajstić information content (AvgIpc) is 2.46. The molecule has 2 aromatic rings. The summed E-state index contributed by atoms with van der Waals surface area (Å²) in [6.07, 6.45) is 0.444. The summed E-state index contributed by atoms with van der Waals surface area (Å²) in [6.45, 7) is -0.206. The van der Waals surface area contributed by atoms with Gasteiger partial charge >= 0.3 is 0 Å². The third-order valence-electron chi connectivity index (χ3n) is 2.76. The monoisotopic (exact) mass is 309 g/mol. The standard InChI is InChI=1S/C14H9ClFNO4/c15-12-2-1-3-13(17(19)20)11(12)8-21-14-5-4-10(16)6-9(14)7-18/h1-7H,8H2. The lowest BCUT2D eigenvalue weighted by atomic mass is 10.2. The number of ether oxygens (including phenoxy) is 1. The molecule has 0 fully saturated rings. The summed E-state index contributed by atoms with van der Waals surface area (Å²) in [6, 6.07) is 7.68. The molecule has 0 aliphatic heterocycles. The molecule has 21 heavy (non-hydrogen) atoms. The molecular formula is C14H9ClFNO4. The van der Waals surface area contributed by atoms with Crippen LogP contribution in [0.3, 0.4) is 0 Å². The normalized spacial score (nSPS) is 10.2. The van der Waals surface area contributed by atoms with Gasteiger partial charge in [0.15, 0.2) is 6.29 Å². The van der Waals surface area contributed by atoms with Crippen molar-refractivity contribution in [3.05, 3.63) is 68.5 Å². The highest BCUT2D eigenvalue weighted by molar-refractivity contribution is 6.31. The molecule has 0 saturated carbocycles. The summed E-state index contributed by atoms with van der Waals surface area (Å²) in [5, 5.41) is 11.1. The van der Waals surface area contributed by atoms with E-state index in [4.69, 9.17) is 16.3 Å². The molecule has 0 aliphatic rings. The van der Waals surface area contributed by atoms with Gasteiger partial charge in [0.25, 0.3) is 5.69 Å². The summed E-state index contributed by atoms with van der Waals surface area (Å²) >= 11 is 5.92. The molecule has 0 N–H and O–H groups in total. The van der Waals surface area contributed by atoms with E-state index in [1.165, 1.54) is 24.3 Å². The van der Waals surface area contributed by atoms with E-state index in [-0.39, 0.29) is 34.2 Å². The van der Waals surface area contributed by atoms with Crippen molar-refractivity contribution in [2.75, 3.05) is 0 Å². The van der Waals surface area contributed by atoms with Crippen LogP contribution in [0.5, 0.6) is 5.75 Å². The topological polar surface area (TPSA) is 69.4 Å². The summed E-state index contributed by atoms with van der Waals surface area (Å²) in [5.41, 5.74) is 0.0207. The van der Waals surface area contributed by atoms with Crippen LogP contribution in [0.4, 0.5) is 10.1 Å². The molecule has 0 radical (unpaired) electrons. The number of carbonyl (C=O) groups excluding carboxylic acids is 1. The van der Waals surface area contributed by atoms with E-state index in [2.05, 4.69) is 0 Å². The fourth-order valence-corrected chi connectivity index (χ4v) is 1.98. The van der Waals surface area contributed by atoms with Gasteiger partial charge in [0.1, 0.15) is 18.2 Å². The van der Waals surface area contributed by atoms with Crippen LogP contribution in [0.15, 0.2) is 36.4 Å². The van der Waals surface area contributed by atoms with E-state index in [0.717, 1.165) is 12.1 Å². The van der Waals surface area contributed by atoms with Gasteiger partial charge < -0.3 is 4.74 Å². The third kappa shape index (κ3) is 3.35. The number of nitrogens with zero attached hydrogens (tertiary/aromatic N) is 1. The highest BCUT2D eigenvalue weighted by Gasteiger charge is 2.17. The van der Waals surface area contributed by atoms with Crippen LogP contribution in [0.25, 0.3) is 0 Å². The predicted molar refractivity (Wildman–Crippen MR) is 74.2 cm³/mol. The minimum Gasteiger partial charge on any atom is -0.488 e. The molecule has 2 aromatic carbocycles. The zero-order chi connectivity index (χ0) is 15.4. The Morgan fingerprint density at radius 2 is 2.10 bits per heavy atom. The lowest BCUT2D eigenvalue weighted by Gasteiger charge is -2.10. The van der Waals surface area contributed by atoms with Crippen molar-refractivity contribution >= 4 is 23.6 Å². The lowest BCUT2D eigenvalue weighted by Crippen LogP contribution is -2.03. The van der Waals surface area contributed by atoms with E-state index in [1.807, 2.05) is 0 Å². The molecule has 5 nitrogen and oxygen atoms in total. The number of carbonyl (C=O) groups is 1. The minimum atomic E-state index is -0.576. The van der Waals surface area contributed by atoms with Gasteiger partial charge in [0.2, 0.25) is 0 Å². The van der Waals surface area contributed by atoms with E-state index >= 15 is 0 Å². The molecule has 7 heteroatoms. The van der Waals surface area contributed by atoms with Crippen LogP contribution < -0.4 is 4.74 Å². The maximum absolute atomic E-state index is 13.0. The van der Waals surface area contributed by atoms with Crippen LogP contribution in [0.1, 0.15) is 15.9 Å². The predicted octanol–water partition coefficient (Wildman–Crippen LogP) is 3.78. The number of rotatable bonds is 5. The van der Waals surface area contributed by atoms with Crippen LogP contribution in [-0.4, -0.2) is 11.2 Å². The number of benzene rings is 2. The summed E-state index contributed by atoms with van der Waals surface area (Å²) in [7, 11) is 0. The quantitative estimate of drug-likeness (QED) is 0.479. The number of hydrogen-bond donors (Lipinski definition) is 0. The van der Waals surface area contributed by atoms with Crippen molar-refractivity contribution in [2.45, 2.75) is 6.61 Å². The minimum absolute atomic E-state index is 0.0182. The Balaban J connectivity index is 2.29. The summed E-state index contributed by atoms with van der Waals surface area (Å²) < 4.78 is 18.4. The Morgan fingerprint density at radius 1 is 1.33 bits per heavy atom. The number of halogens is 2. The zero-order valence-corrected chi connectivity index (χ0v) is 11.3. The van der Waals surface area contributed by atoms with Gasteiger partial charge in [-0.25, -0.2) is 4.39 Å². The number of nitro groups is 1. The first-order valence-electron chi connectivity index (χ1n) is 5.82. The van der Waals surface area contributed by atoms with Gasteiger partial charge in [-0.1, -0.05) is 17.7 Å². The maximum Gasteiger partial charge on any atom is 0.277 e. The van der Waals surface area contributed by atoms with Crippen molar-refractivity contribution < 1.29 is 18.8 Å². The third-order valence-corrected chi connectivity index (χ3v) is 3.12. The van der Waals surface area contributed by atoms with E-state index in [0.29, 0.717) is 6.29 Å². The second-order valence-electron chi connectivity index (χ2n) is 4.08. The first-order chi connectivity index (χ1) is 10.0. The Hall–Kier alpha value is -2.47. The Morgan fingerprint density at radius 3 is 2.76 bits per heavy atom. The fourth-order valence-electron chi connectivity index (χ4n) is 1.75. The highest BCUT2D eigenvalue weighted by atomic mass is 35.5. The molecule has 0 amide bonds. The smallest absolute Gasteiger partial charge is 0.277 e. The van der Waals surface area contributed by atoms with Gasteiger partial charge in [-0.15, -0.1) is 0 Å². The van der Waals surface area contributed by atoms with Crippen LogP contribution in [0, 0.1) is 15.9 Å². The SMILES string of the molecule is O=Cc1cc(F)ccc1OCc1c(Cl)cccc1[N+](=O)[O-]. The van der Waals surface area contributed by atoms with Gasteiger partial charge in [-0.2, -0.15) is 0 Å². The van der Waals surface area contributed by atoms with E-state index < -0.39 is 10.7 Å². The zero-order valence-electron chi connectivity index (χ0n) is 10.6. The summed E-state index contributed by atoms with van der Waals surface area (Å²) in [5.74, 6) is -0.450. The van der Waals surface area contributed by atoms with Crippen molar-refractivity contribution in [1.82, 2.24) is 0 Å². The first-order valence-corrected chi connectivity index (χ1v) is 6.20. The average molecular weight is 310 g/mol. The molecule has 0 bridgehead atoms. The Kier molecular flexibility index (Phi) is 4.49. The highest BCUT2D eigenvalue weighted by Crippen LogP contribution is 2.28. The Labute approximate surface area is 124 Å². The van der Waals surface area contributed by atoms with Crippen molar-refractivity contribution in [3.63, 3.8) is 0 Å². The molecule has 0 aromatic heterocycles. The largest absolute Gasteiger partial charge is 0.488 e. The molecule has 0 saturated heterocycles. The van der Waals surface area contributed by atoms with E-state index in [1.54, 1.807) is 0 Å². The van der Waals surface area contributed by atoms with Gasteiger partial charge in [-0.05, 0) is 24.3 Å². The molecular weight excluding hydrogens is 301 g/mol. The Bertz CT molecular complexity index is 705. The lowest BCUT2D eigenvalue weighted by molar-refractivity contribution is -0.385. The second kappa shape index (κ2) is 6.32. The summed E-state index contributed by atoms with van der Waals surface area (Å²) in [4.78, 5) is 21.2. The van der Waals surface area contributed by atoms with Crippen LogP contribution in [0.2, 0.25) is 5.02 Å². The molecule has 0 heterocycles. The maximum atomic E-state index is 13.0. The van der Waals surface area contributed by atoms with Crippen LogP contribution in [-0.2, 0) is 6.61 Å². The molecule has 2 rings (SSSR count). The molecule has 0 aliphatic carbocycles. The molecule has 108 valence electrons. The van der Waals surface area contributed by atoms with Gasteiger partial charge in [0.05, 0.1) is 21.1 Å². The number of aldehydes is 1. The van der Waals surface area contributed by atoms with Gasteiger partial charge in [0, 0.05) is 6.07 Å². The van der Waals surface area contributed by atoms with Crippen molar-refractivity contribution in [3.8, 4) is 5.75 Å². The van der Waals surface area contributed by atoms with Crippen molar-refractivity contribution in [1.29, 1.82) is 0 Å². The molecule has 0 unspecified atom stereocenters. The van der Waals surface area contributed by atoms with Gasteiger partial charge in [-0.3, -0.25) is 14.9 Å². The number of hydrogen-bond acceptors (Lipinski definition) is 4.